The van der Waals surface area contributed by atoms with Gasteiger partial charge in [0.1, 0.15) is 12.2 Å². The molecule has 1 unspecified atom stereocenters. The van der Waals surface area contributed by atoms with E-state index in [2.05, 4.69) is 19.9 Å². The second kappa shape index (κ2) is 20.4. The highest BCUT2D eigenvalue weighted by Gasteiger charge is 2.42. The first-order valence-corrected chi connectivity index (χ1v) is 22.4. The third-order valence-corrected chi connectivity index (χ3v) is 12.6. The molecule has 19 heteroatoms. The molecule has 8 rings (SSSR count). The highest BCUT2D eigenvalue weighted by atomic mass is 16.6. The first kappa shape index (κ1) is 46.8. The first-order chi connectivity index (χ1) is 32.5. The van der Waals surface area contributed by atoms with Crippen molar-refractivity contribution in [2.45, 2.75) is 101 Å². The van der Waals surface area contributed by atoms with Crippen LogP contribution < -0.4 is 37.9 Å². The normalized spacial score (nSPS) is 21.9. The molecule has 4 aliphatic rings. The monoisotopic (exact) mass is 924 g/mol. The Labute approximate surface area is 388 Å². The van der Waals surface area contributed by atoms with Crippen LogP contribution >= 0.6 is 0 Å². The largest absolute Gasteiger partial charge is 0.493 e. The molecule has 1 N–H and O–H groups in total. The maximum atomic E-state index is 13.5. The minimum absolute atomic E-state index is 0.155. The van der Waals surface area contributed by atoms with Gasteiger partial charge in [0.25, 0.3) is 0 Å². The van der Waals surface area contributed by atoms with E-state index in [1.807, 2.05) is 38.1 Å². The van der Waals surface area contributed by atoms with Gasteiger partial charge in [0.15, 0.2) is 29.1 Å². The number of hydrogen-bond donors (Lipinski definition) is 1. The molecule has 2 saturated carbocycles. The Morgan fingerprint density at radius 3 is 1.48 bits per heavy atom. The Bertz CT molecular complexity index is 2550. The second-order valence-corrected chi connectivity index (χ2v) is 16.4. The molecule has 19 nitrogen and oxygen atoms in total. The van der Waals surface area contributed by atoms with Crippen molar-refractivity contribution in [3.05, 3.63) is 70.0 Å². The van der Waals surface area contributed by atoms with Crippen LogP contribution in [0.15, 0.2) is 46.6 Å². The van der Waals surface area contributed by atoms with Crippen molar-refractivity contribution in [3.63, 3.8) is 0 Å². The molecule has 0 spiro atoms. The van der Waals surface area contributed by atoms with Crippen molar-refractivity contribution >= 4 is 23.4 Å². The van der Waals surface area contributed by atoms with Crippen molar-refractivity contribution in [3.8, 4) is 46.8 Å². The molecular formula is C48H56N6O13. The van der Waals surface area contributed by atoms with Gasteiger partial charge >= 0.3 is 24.0 Å². The average molecular weight is 925 g/mol. The van der Waals surface area contributed by atoms with Gasteiger partial charge in [-0.1, -0.05) is 0 Å². The van der Waals surface area contributed by atoms with Gasteiger partial charge in [-0.05, 0) is 87.8 Å². The highest BCUT2D eigenvalue weighted by Crippen LogP contribution is 2.48. The Morgan fingerprint density at radius 2 is 1.06 bits per heavy atom. The lowest BCUT2D eigenvalue weighted by atomic mass is 9.74. The van der Waals surface area contributed by atoms with E-state index in [1.54, 1.807) is 26.6 Å². The van der Waals surface area contributed by atoms with Gasteiger partial charge in [0.2, 0.25) is 11.8 Å². The van der Waals surface area contributed by atoms with Crippen molar-refractivity contribution in [1.82, 2.24) is 19.9 Å². The lowest BCUT2D eigenvalue weighted by molar-refractivity contribution is -0.167. The number of rotatable bonds is 17. The number of aromatic nitrogens is 4. The quantitative estimate of drug-likeness (QED) is 0.132. The standard InChI is InChI=1S/C48H56N6O13/c1-9-64-39-17-26-28-15-24(11-13-34(28)51-42(30(26)19-37(39)58-3)32-22-49-47(62-7)53-44(32)60-5)66-41(56)21-36(55)46(57)67-25-12-14-35-29(16-25)27-18-40(65-10-2)38(59-4)20-31(27)43(52-35)33-23-50-48(63-8)54-45(33)61-6/h17-20,22-25,28-29,34-36,55H,9-16,21H2,1-8H3/t24-,25-,28-,29-,34-,35-,36?/m0/s1. The molecule has 0 bridgehead atoms. The summed E-state index contributed by atoms with van der Waals surface area (Å²) in [6.07, 6.45) is 2.89. The molecule has 7 atom stereocenters. The number of methoxy groups -OCH3 is 6. The molecule has 356 valence electrons. The highest BCUT2D eigenvalue weighted by molar-refractivity contribution is 6.17. The van der Waals surface area contributed by atoms with E-state index in [9.17, 15) is 14.7 Å². The van der Waals surface area contributed by atoms with E-state index in [1.165, 1.54) is 28.4 Å². The van der Waals surface area contributed by atoms with Crippen LogP contribution in [0.5, 0.6) is 46.8 Å². The molecule has 0 saturated heterocycles. The zero-order valence-corrected chi connectivity index (χ0v) is 38.9. The van der Waals surface area contributed by atoms with Crippen LogP contribution in [-0.2, 0) is 19.1 Å². The zero-order chi connectivity index (χ0) is 47.4. The number of aliphatic hydroxyl groups excluding tert-OH is 1. The maximum Gasteiger partial charge on any atom is 0.335 e. The van der Waals surface area contributed by atoms with Crippen molar-refractivity contribution < 1.29 is 62.1 Å². The van der Waals surface area contributed by atoms with E-state index >= 15 is 0 Å². The predicted molar refractivity (Wildman–Crippen MR) is 241 cm³/mol. The predicted octanol–water partition coefficient (Wildman–Crippen LogP) is 5.36. The molecule has 2 aromatic heterocycles. The SMILES string of the molecule is CCOc1cc2c(cc1OC)C(c1cnc(OC)nc1OC)=N[C@H]1CC[C@H](OC(=O)CC(O)C(=O)O[C@H]3CC[C@@H]4N=C(c5cnc(OC)nc5OC)c5cc(OC)c(OCC)cc5[C@@H]4C3)C[C@@H]21. The second-order valence-electron chi connectivity index (χ2n) is 16.4. The van der Waals surface area contributed by atoms with E-state index in [0.717, 1.165) is 22.3 Å². The molecule has 4 aromatic rings. The summed E-state index contributed by atoms with van der Waals surface area (Å²) >= 11 is 0. The molecule has 4 heterocycles. The zero-order valence-electron chi connectivity index (χ0n) is 38.9. The fourth-order valence-electron chi connectivity index (χ4n) is 9.61. The molecule has 0 amide bonds. The number of carbonyl (C=O) groups excluding carboxylic acids is 2. The maximum absolute atomic E-state index is 13.5. The summed E-state index contributed by atoms with van der Waals surface area (Å²) in [5.41, 5.74) is 5.81. The van der Waals surface area contributed by atoms with E-state index in [4.69, 9.17) is 57.4 Å². The van der Waals surface area contributed by atoms with Crippen LogP contribution in [0.25, 0.3) is 0 Å². The van der Waals surface area contributed by atoms with E-state index in [-0.39, 0.29) is 35.9 Å². The Hall–Kier alpha value is -6.76. The number of hydrogen-bond acceptors (Lipinski definition) is 19. The molecule has 2 aliphatic carbocycles. The Balaban J connectivity index is 0.952. The van der Waals surface area contributed by atoms with Gasteiger partial charge in [0, 0.05) is 35.4 Å². The van der Waals surface area contributed by atoms with Gasteiger partial charge in [-0.25, -0.2) is 14.8 Å². The summed E-state index contributed by atoms with van der Waals surface area (Å²) in [5, 5.41) is 11.1. The number of fused-ring (bicyclic) bond motifs is 6. The lowest BCUT2D eigenvalue weighted by Crippen LogP contribution is -2.39. The van der Waals surface area contributed by atoms with Crippen LogP contribution in [0.1, 0.15) is 104 Å². The third-order valence-electron chi connectivity index (χ3n) is 12.6. The summed E-state index contributed by atoms with van der Waals surface area (Å²) in [6, 6.07) is 7.60. The number of esters is 2. The van der Waals surface area contributed by atoms with Gasteiger partial charge in [-0.15, -0.1) is 0 Å². The summed E-state index contributed by atoms with van der Waals surface area (Å²) in [6.45, 7) is 4.63. The number of nitrogens with zero attached hydrogens (tertiary/aromatic N) is 6. The Morgan fingerprint density at radius 1 is 0.597 bits per heavy atom. The smallest absolute Gasteiger partial charge is 0.335 e. The molecule has 0 radical (unpaired) electrons. The number of ether oxygens (including phenoxy) is 10. The van der Waals surface area contributed by atoms with Crippen LogP contribution in [0.2, 0.25) is 0 Å². The van der Waals surface area contributed by atoms with E-state index in [0.29, 0.717) is 109 Å². The van der Waals surface area contributed by atoms with Crippen LogP contribution in [0, 0.1) is 0 Å². The van der Waals surface area contributed by atoms with Crippen LogP contribution in [-0.4, -0.2) is 135 Å². The minimum atomic E-state index is -1.73. The van der Waals surface area contributed by atoms with Crippen molar-refractivity contribution in [2.24, 2.45) is 9.98 Å². The lowest BCUT2D eigenvalue weighted by Gasteiger charge is -2.39. The topological polar surface area (TPSA) is 223 Å². The molecule has 2 fully saturated rings. The molecule has 67 heavy (non-hydrogen) atoms. The first-order valence-electron chi connectivity index (χ1n) is 22.4. The molecule has 2 aromatic carbocycles. The Kier molecular flexibility index (Phi) is 14.2. The summed E-state index contributed by atoms with van der Waals surface area (Å²) in [7, 11) is 9.15. The van der Waals surface area contributed by atoms with Gasteiger partial charge in [0.05, 0.1) is 96.9 Å². The number of aliphatic hydroxyl groups is 1. The third kappa shape index (κ3) is 9.46. The fourth-order valence-corrected chi connectivity index (χ4v) is 9.61. The number of benzene rings is 2. The summed E-state index contributed by atoms with van der Waals surface area (Å²) in [4.78, 5) is 54.8. The van der Waals surface area contributed by atoms with Crippen LogP contribution in [0.3, 0.4) is 0 Å². The van der Waals surface area contributed by atoms with Gasteiger partial charge in [-0.2, -0.15) is 9.97 Å². The number of aliphatic imine (C=N–C) groups is 2. The average Bonchev–Trinajstić information content (AvgIpc) is 3.35. The van der Waals surface area contributed by atoms with Crippen molar-refractivity contribution in [1.29, 1.82) is 0 Å². The minimum Gasteiger partial charge on any atom is -0.493 e. The molecular weight excluding hydrogens is 869 g/mol. The fraction of sp³-hybridized carbons (Fsp3) is 0.500. The van der Waals surface area contributed by atoms with Gasteiger partial charge < -0.3 is 52.5 Å². The number of carbonyl (C=O) groups is 2. The summed E-state index contributed by atoms with van der Waals surface area (Å²) < 4.78 is 57.1. The van der Waals surface area contributed by atoms with Crippen molar-refractivity contribution in [2.75, 3.05) is 55.9 Å². The van der Waals surface area contributed by atoms with Crippen LogP contribution in [0.4, 0.5) is 0 Å². The molecule has 2 aliphatic heterocycles. The summed E-state index contributed by atoms with van der Waals surface area (Å²) in [5.74, 6) is 0.837. The van der Waals surface area contributed by atoms with Gasteiger partial charge in [-0.3, -0.25) is 14.8 Å². The van der Waals surface area contributed by atoms with E-state index < -0.39 is 36.7 Å².